The third-order valence-electron chi connectivity index (χ3n) is 4.14. The molecule has 0 bridgehead atoms. The van der Waals surface area contributed by atoms with Crippen molar-refractivity contribution in [3.63, 3.8) is 0 Å². The van der Waals surface area contributed by atoms with Crippen LogP contribution in [0.3, 0.4) is 0 Å². The summed E-state index contributed by atoms with van der Waals surface area (Å²) in [6.45, 7) is 7.62. The van der Waals surface area contributed by atoms with Crippen LogP contribution in [0.1, 0.15) is 31.7 Å². The first-order valence-electron chi connectivity index (χ1n) is 8.01. The fourth-order valence-corrected chi connectivity index (χ4v) is 2.90. The summed E-state index contributed by atoms with van der Waals surface area (Å²) in [5.41, 5.74) is 2.02. The average molecular weight is 289 g/mol. The zero-order chi connectivity index (χ0) is 15.1. The Morgan fingerprint density at radius 3 is 2.90 bits per heavy atom. The lowest BCUT2D eigenvalue weighted by atomic mass is 10.0. The van der Waals surface area contributed by atoms with Gasteiger partial charge in [0, 0.05) is 18.3 Å². The van der Waals surface area contributed by atoms with E-state index in [2.05, 4.69) is 22.5 Å². The standard InChI is InChI=1S/C17H27N3O/c1-3-18-12-15-9-6-7-11-20(15)13-17(21)19-16-10-5-4-8-14(16)2/h4-5,8,10,15,18H,3,6-7,9,11-13H2,1-2H3,(H,19,21). The summed E-state index contributed by atoms with van der Waals surface area (Å²) in [6, 6.07) is 8.41. The van der Waals surface area contributed by atoms with Gasteiger partial charge in [-0.15, -0.1) is 0 Å². The van der Waals surface area contributed by atoms with Crippen LogP contribution in [0.4, 0.5) is 5.69 Å². The zero-order valence-electron chi connectivity index (χ0n) is 13.2. The highest BCUT2D eigenvalue weighted by Gasteiger charge is 2.23. The lowest BCUT2D eigenvalue weighted by Crippen LogP contribution is -2.48. The van der Waals surface area contributed by atoms with E-state index in [1.165, 1.54) is 19.3 Å². The number of likely N-dealkylation sites (tertiary alicyclic amines) is 1. The maximum Gasteiger partial charge on any atom is 0.238 e. The number of benzene rings is 1. The lowest BCUT2D eigenvalue weighted by Gasteiger charge is -2.35. The van der Waals surface area contributed by atoms with Crippen molar-refractivity contribution in [2.75, 3.05) is 31.5 Å². The van der Waals surface area contributed by atoms with Crippen molar-refractivity contribution in [3.8, 4) is 0 Å². The van der Waals surface area contributed by atoms with Gasteiger partial charge in [0.1, 0.15) is 0 Å². The Kier molecular flexibility index (Phi) is 6.21. The lowest BCUT2D eigenvalue weighted by molar-refractivity contribution is -0.118. The van der Waals surface area contributed by atoms with Crippen LogP contribution in [0.25, 0.3) is 0 Å². The number of piperidine rings is 1. The molecule has 1 aromatic carbocycles. The molecule has 0 aromatic heterocycles. The normalized spacial score (nSPS) is 19.4. The summed E-state index contributed by atoms with van der Waals surface area (Å²) in [5, 5.41) is 6.44. The van der Waals surface area contributed by atoms with Crippen molar-refractivity contribution < 1.29 is 4.79 Å². The Balaban J connectivity index is 1.89. The van der Waals surface area contributed by atoms with Crippen LogP contribution in [0, 0.1) is 6.92 Å². The van der Waals surface area contributed by atoms with Gasteiger partial charge in [-0.05, 0) is 44.5 Å². The SMILES string of the molecule is CCNCC1CCCCN1CC(=O)Nc1ccccc1C. The third kappa shape index (κ3) is 4.83. The number of likely N-dealkylation sites (N-methyl/N-ethyl adjacent to an activating group) is 1. The van der Waals surface area contributed by atoms with Crippen LogP contribution >= 0.6 is 0 Å². The number of hydrogen-bond donors (Lipinski definition) is 2. The second-order valence-corrected chi connectivity index (χ2v) is 5.79. The van der Waals surface area contributed by atoms with Gasteiger partial charge >= 0.3 is 0 Å². The topological polar surface area (TPSA) is 44.4 Å². The molecule has 1 saturated heterocycles. The van der Waals surface area contributed by atoms with Crippen molar-refractivity contribution >= 4 is 11.6 Å². The Morgan fingerprint density at radius 1 is 1.33 bits per heavy atom. The van der Waals surface area contributed by atoms with E-state index in [-0.39, 0.29) is 5.91 Å². The molecular formula is C17H27N3O. The number of carbonyl (C=O) groups is 1. The predicted molar refractivity (Wildman–Crippen MR) is 87.6 cm³/mol. The molecule has 1 aliphatic heterocycles. The number of hydrogen-bond acceptors (Lipinski definition) is 3. The summed E-state index contributed by atoms with van der Waals surface area (Å²) in [4.78, 5) is 14.6. The first-order valence-corrected chi connectivity index (χ1v) is 8.01. The van der Waals surface area contributed by atoms with Crippen LogP contribution in [-0.2, 0) is 4.79 Å². The molecule has 0 saturated carbocycles. The largest absolute Gasteiger partial charge is 0.325 e. The van der Waals surface area contributed by atoms with E-state index in [0.29, 0.717) is 12.6 Å². The van der Waals surface area contributed by atoms with E-state index < -0.39 is 0 Å². The first kappa shape index (κ1) is 16.0. The van der Waals surface area contributed by atoms with Gasteiger partial charge in [-0.1, -0.05) is 31.5 Å². The number of amides is 1. The van der Waals surface area contributed by atoms with Gasteiger partial charge in [-0.2, -0.15) is 0 Å². The number of para-hydroxylation sites is 1. The van der Waals surface area contributed by atoms with E-state index in [1.807, 2.05) is 31.2 Å². The highest BCUT2D eigenvalue weighted by atomic mass is 16.2. The molecule has 116 valence electrons. The Hall–Kier alpha value is -1.39. The van der Waals surface area contributed by atoms with Crippen LogP contribution in [0.15, 0.2) is 24.3 Å². The minimum absolute atomic E-state index is 0.0905. The maximum atomic E-state index is 12.3. The number of carbonyl (C=O) groups excluding carboxylic acids is 1. The molecule has 1 heterocycles. The highest BCUT2D eigenvalue weighted by molar-refractivity contribution is 5.92. The maximum absolute atomic E-state index is 12.3. The molecule has 1 fully saturated rings. The summed E-state index contributed by atoms with van der Waals surface area (Å²) >= 11 is 0. The van der Waals surface area contributed by atoms with Gasteiger partial charge in [0.05, 0.1) is 6.54 Å². The number of nitrogens with one attached hydrogen (secondary N) is 2. The van der Waals surface area contributed by atoms with Gasteiger partial charge < -0.3 is 10.6 Å². The van der Waals surface area contributed by atoms with Crippen molar-refractivity contribution in [2.45, 2.75) is 39.2 Å². The number of anilines is 1. The molecule has 4 heteroatoms. The number of nitrogens with zero attached hydrogens (tertiary/aromatic N) is 1. The summed E-state index contributed by atoms with van der Waals surface area (Å²) in [6.07, 6.45) is 3.65. The molecule has 2 rings (SSSR count). The molecule has 1 unspecified atom stereocenters. The van der Waals surface area contributed by atoms with Crippen molar-refractivity contribution in [3.05, 3.63) is 29.8 Å². The van der Waals surface area contributed by atoms with E-state index >= 15 is 0 Å². The van der Waals surface area contributed by atoms with E-state index in [9.17, 15) is 4.79 Å². The highest BCUT2D eigenvalue weighted by Crippen LogP contribution is 2.17. The fourth-order valence-electron chi connectivity index (χ4n) is 2.90. The predicted octanol–water partition coefficient (Wildman–Crippen LogP) is 2.40. The van der Waals surface area contributed by atoms with Crippen molar-refractivity contribution in [2.24, 2.45) is 0 Å². The average Bonchev–Trinajstić information content (AvgIpc) is 2.49. The Bertz CT molecular complexity index is 461. The van der Waals surface area contributed by atoms with Crippen LogP contribution in [-0.4, -0.2) is 43.0 Å². The monoisotopic (exact) mass is 289 g/mol. The summed E-state index contributed by atoms with van der Waals surface area (Å²) < 4.78 is 0. The second kappa shape index (κ2) is 8.15. The molecule has 0 radical (unpaired) electrons. The number of aryl methyl sites for hydroxylation is 1. The van der Waals surface area contributed by atoms with Gasteiger partial charge in [-0.3, -0.25) is 9.69 Å². The molecule has 1 atom stereocenters. The minimum Gasteiger partial charge on any atom is -0.325 e. The van der Waals surface area contributed by atoms with E-state index in [0.717, 1.165) is 30.9 Å². The Labute approximate surface area is 127 Å². The Morgan fingerprint density at radius 2 is 2.14 bits per heavy atom. The van der Waals surface area contributed by atoms with Crippen LogP contribution < -0.4 is 10.6 Å². The van der Waals surface area contributed by atoms with Gasteiger partial charge in [0.2, 0.25) is 5.91 Å². The molecule has 2 N–H and O–H groups in total. The summed E-state index contributed by atoms with van der Waals surface area (Å²) in [5.74, 6) is 0.0905. The van der Waals surface area contributed by atoms with Crippen molar-refractivity contribution in [1.29, 1.82) is 0 Å². The molecule has 4 nitrogen and oxygen atoms in total. The molecule has 21 heavy (non-hydrogen) atoms. The van der Waals surface area contributed by atoms with Crippen LogP contribution in [0.2, 0.25) is 0 Å². The van der Waals surface area contributed by atoms with Crippen LogP contribution in [0.5, 0.6) is 0 Å². The van der Waals surface area contributed by atoms with E-state index in [4.69, 9.17) is 0 Å². The first-order chi connectivity index (χ1) is 10.2. The summed E-state index contributed by atoms with van der Waals surface area (Å²) in [7, 11) is 0. The third-order valence-corrected chi connectivity index (χ3v) is 4.14. The van der Waals surface area contributed by atoms with Gasteiger partial charge in [0.25, 0.3) is 0 Å². The smallest absolute Gasteiger partial charge is 0.238 e. The molecule has 0 aliphatic carbocycles. The van der Waals surface area contributed by atoms with Gasteiger partial charge in [0.15, 0.2) is 0 Å². The van der Waals surface area contributed by atoms with E-state index in [1.54, 1.807) is 0 Å². The minimum atomic E-state index is 0.0905. The number of rotatable bonds is 6. The van der Waals surface area contributed by atoms with Crippen molar-refractivity contribution in [1.82, 2.24) is 10.2 Å². The molecule has 1 aromatic rings. The zero-order valence-corrected chi connectivity index (χ0v) is 13.2. The quantitative estimate of drug-likeness (QED) is 0.845. The van der Waals surface area contributed by atoms with Gasteiger partial charge in [-0.25, -0.2) is 0 Å². The fraction of sp³-hybridized carbons (Fsp3) is 0.588. The molecular weight excluding hydrogens is 262 g/mol. The molecule has 1 aliphatic rings. The second-order valence-electron chi connectivity index (χ2n) is 5.79. The molecule has 1 amide bonds. The molecule has 0 spiro atoms.